The van der Waals surface area contributed by atoms with Gasteiger partial charge < -0.3 is 4.74 Å². The van der Waals surface area contributed by atoms with E-state index in [1.54, 1.807) is 14.0 Å². The van der Waals surface area contributed by atoms with Crippen molar-refractivity contribution >= 4 is 51.5 Å². The highest BCUT2D eigenvalue weighted by Crippen LogP contribution is 2.23. The van der Waals surface area contributed by atoms with Gasteiger partial charge in [0.15, 0.2) is 5.78 Å². The smallest absolute Gasteiger partial charge is 0.160 e. The van der Waals surface area contributed by atoms with E-state index < -0.39 is 16.1 Å². The molecule has 1 unspecified atom stereocenters. The molecule has 0 saturated heterocycles. The van der Waals surface area contributed by atoms with Gasteiger partial charge in [0.2, 0.25) is 0 Å². The Bertz CT molecular complexity index is 818. The number of Topliss-reactive ketones (excluding diaryl/α,β-unsaturated/α-hetero) is 1. The maximum Gasteiger partial charge on any atom is 0.160 e. The lowest BCUT2D eigenvalue weighted by Gasteiger charge is -2.27. The number of hydrogen-bond acceptors (Lipinski definition) is 2. The molecule has 0 radical (unpaired) electrons. The molecular weight excluding hydrogens is 371 g/mol. The summed E-state index contributed by atoms with van der Waals surface area (Å²) in [6.07, 6.45) is 0. The van der Waals surface area contributed by atoms with E-state index in [2.05, 4.69) is 57.5 Å². The van der Waals surface area contributed by atoms with Gasteiger partial charge in [-0.2, -0.15) is 0 Å². The Morgan fingerprint density at radius 2 is 1.54 bits per heavy atom. The summed E-state index contributed by atoms with van der Waals surface area (Å²) in [6.45, 7) is 15.9. The van der Waals surface area contributed by atoms with Gasteiger partial charge in [-0.1, -0.05) is 89.4 Å². The summed E-state index contributed by atoms with van der Waals surface area (Å²) in [5.41, 5.74) is 0.820. The van der Waals surface area contributed by atoms with Crippen molar-refractivity contribution in [1.82, 2.24) is 0 Å². The minimum absolute atomic E-state index is 0.124. The molecule has 0 aliphatic carbocycles. The van der Waals surface area contributed by atoms with Gasteiger partial charge >= 0.3 is 0 Å². The Labute approximate surface area is 162 Å². The van der Waals surface area contributed by atoms with Crippen molar-refractivity contribution < 1.29 is 9.53 Å². The van der Waals surface area contributed by atoms with Crippen LogP contribution in [0.3, 0.4) is 0 Å². The van der Waals surface area contributed by atoms with Crippen molar-refractivity contribution in [2.24, 2.45) is 0 Å². The lowest BCUT2D eigenvalue weighted by Crippen LogP contribution is -2.47. The van der Waals surface area contributed by atoms with Gasteiger partial charge in [0.05, 0.1) is 23.3 Å². The normalized spacial score (nSPS) is 12.6. The van der Waals surface area contributed by atoms with Crippen LogP contribution < -0.4 is 25.7 Å². The highest BCUT2D eigenvalue weighted by Gasteiger charge is 2.28. The van der Waals surface area contributed by atoms with E-state index in [9.17, 15) is 4.79 Å². The summed E-state index contributed by atoms with van der Waals surface area (Å²) in [6, 6.07) is 12.7. The number of hydrogen-bond donors (Lipinski definition) is 0. The minimum atomic E-state index is -1.56. The Morgan fingerprint density at radius 1 is 0.923 bits per heavy atom. The lowest BCUT2D eigenvalue weighted by molar-refractivity contribution is 0.101. The van der Waals surface area contributed by atoms with E-state index in [-0.39, 0.29) is 5.78 Å². The van der Waals surface area contributed by atoms with Crippen molar-refractivity contribution in [3.05, 3.63) is 42.0 Å². The summed E-state index contributed by atoms with van der Waals surface area (Å²) >= 11 is 0. The highest BCUT2D eigenvalue weighted by atomic mass is 31.1. The van der Waals surface area contributed by atoms with Crippen LogP contribution in [0.25, 0.3) is 0 Å². The third-order valence-electron chi connectivity index (χ3n) is 4.54. The Morgan fingerprint density at radius 3 is 2.04 bits per heavy atom. The Balaban J connectivity index is 2.70. The average Bonchev–Trinajstić information content (AvgIpc) is 2.52. The van der Waals surface area contributed by atoms with Gasteiger partial charge in [-0.25, -0.2) is 0 Å². The summed E-state index contributed by atoms with van der Waals surface area (Å²) in [5, 5.41) is 5.20. The first-order chi connectivity index (χ1) is 11.9. The molecule has 0 amide bonds. The molecule has 0 spiro atoms. The lowest BCUT2D eigenvalue weighted by atomic mass is 10.1. The number of ketones is 1. The van der Waals surface area contributed by atoms with Gasteiger partial charge in [-0.05, 0) is 17.4 Å². The van der Waals surface area contributed by atoms with Crippen LogP contribution in [0.5, 0.6) is 5.75 Å². The third kappa shape index (κ3) is 4.73. The highest BCUT2D eigenvalue weighted by molar-refractivity contribution is 7.56. The van der Waals surface area contributed by atoms with Crippen LogP contribution in [-0.4, -0.2) is 29.0 Å². The Kier molecular flexibility index (Phi) is 6.32. The van der Waals surface area contributed by atoms with Crippen molar-refractivity contribution in [1.29, 1.82) is 0 Å². The molecule has 2 aromatic carbocycles. The molecule has 0 saturated carbocycles. The number of methoxy groups -OCH3 is 1. The molecule has 0 bridgehead atoms. The largest absolute Gasteiger partial charge is 0.496 e. The van der Waals surface area contributed by atoms with Gasteiger partial charge in [0.25, 0.3) is 0 Å². The summed E-state index contributed by atoms with van der Waals surface area (Å²) in [4.78, 5) is 12.1. The van der Waals surface area contributed by atoms with Gasteiger partial charge in [0, 0.05) is 10.9 Å². The number of rotatable bonds is 6. The van der Waals surface area contributed by atoms with Crippen LogP contribution in [0.1, 0.15) is 17.3 Å². The number of ether oxygens (including phenoxy) is 1. The van der Waals surface area contributed by atoms with Gasteiger partial charge in [-0.3, -0.25) is 4.79 Å². The second-order valence-electron chi connectivity index (χ2n) is 8.83. The third-order valence-corrected chi connectivity index (χ3v) is 9.90. The molecule has 140 valence electrons. The van der Waals surface area contributed by atoms with Crippen molar-refractivity contribution in [3.8, 4) is 5.75 Å². The minimum Gasteiger partial charge on any atom is -0.496 e. The van der Waals surface area contributed by atoms with Crippen LogP contribution in [0.2, 0.25) is 39.3 Å². The zero-order valence-corrected chi connectivity index (χ0v) is 20.3. The maximum atomic E-state index is 12.1. The molecular formula is C21H31O2PSi2. The zero-order valence-electron chi connectivity index (χ0n) is 17.3. The van der Waals surface area contributed by atoms with Gasteiger partial charge in [0.1, 0.15) is 5.75 Å². The molecule has 0 aliphatic heterocycles. The van der Waals surface area contributed by atoms with Gasteiger partial charge in [-0.15, -0.1) is 0 Å². The maximum absolute atomic E-state index is 12.1. The second kappa shape index (κ2) is 7.79. The van der Waals surface area contributed by atoms with E-state index in [4.69, 9.17) is 4.74 Å². The zero-order chi connectivity index (χ0) is 19.7. The predicted molar refractivity (Wildman–Crippen MR) is 123 cm³/mol. The first kappa shape index (κ1) is 21.1. The molecule has 5 heteroatoms. The Hall–Kier alpha value is -1.23. The molecule has 2 aromatic rings. The van der Waals surface area contributed by atoms with Crippen molar-refractivity contribution in [2.75, 3.05) is 7.11 Å². The first-order valence-electron chi connectivity index (χ1n) is 9.05. The van der Waals surface area contributed by atoms with E-state index in [1.165, 1.54) is 15.7 Å². The number of carbonyl (C=O) groups excluding carboxylic acids is 1. The number of carbonyl (C=O) groups is 1. The molecule has 2 rings (SSSR count). The summed E-state index contributed by atoms with van der Waals surface area (Å²) in [5.74, 6) is 1.15. The molecule has 1 atom stereocenters. The SMILES string of the molecule is COc1c(Pc2ccccc2C(C)=O)cc([Si](C)(C)C)cc1[Si](C)(C)C. The summed E-state index contributed by atoms with van der Waals surface area (Å²) in [7, 11) is -0.818. The van der Waals surface area contributed by atoms with E-state index in [0.29, 0.717) is 8.58 Å². The quantitative estimate of drug-likeness (QED) is 0.419. The fraction of sp³-hybridized carbons (Fsp3) is 0.381. The average molecular weight is 403 g/mol. The summed E-state index contributed by atoms with van der Waals surface area (Å²) < 4.78 is 5.92. The fourth-order valence-corrected chi connectivity index (χ4v) is 7.49. The first-order valence-corrected chi connectivity index (χ1v) is 17.0. The standard InChI is InChI=1S/C21H31O2PSi2/c1-15(22)17-11-9-10-12-18(17)24-19-13-16(25(3,4)5)14-20(21(19)23-2)26(6,7)8/h9-14,24H,1-8H3. The number of benzene rings is 2. The van der Waals surface area contributed by atoms with Crippen LogP contribution in [0, 0.1) is 0 Å². The monoisotopic (exact) mass is 402 g/mol. The molecule has 0 aromatic heterocycles. The van der Waals surface area contributed by atoms with Crippen LogP contribution >= 0.6 is 8.58 Å². The van der Waals surface area contributed by atoms with Crippen LogP contribution in [0.15, 0.2) is 36.4 Å². The molecule has 2 nitrogen and oxygen atoms in total. The molecule has 0 aliphatic rings. The predicted octanol–water partition coefficient (Wildman–Crippen LogP) is 3.62. The van der Waals surface area contributed by atoms with E-state index in [1.807, 2.05) is 18.2 Å². The molecule has 0 heterocycles. The van der Waals surface area contributed by atoms with Crippen LogP contribution in [-0.2, 0) is 0 Å². The topological polar surface area (TPSA) is 26.3 Å². The van der Waals surface area contributed by atoms with Crippen molar-refractivity contribution in [3.63, 3.8) is 0 Å². The van der Waals surface area contributed by atoms with Crippen LogP contribution in [0.4, 0.5) is 0 Å². The fourth-order valence-electron chi connectivity index (χ4n) is 2.98. The van der Waals surface area contributed by atoms with E-state index in [0.717, 1.165) is 16.6 Å². The van der Waals surface area contributed by atoms with Crippen molar-refractivity contribution in [2.45, 2.75) is 46.2 Å². The van der Waals surface area contributed by atoms with E-state index >= 15 is 0 Å². The molecule has 26 heavy (non-hydrogen) atoms. The molecule has 0 fully saturated rings. The second-order valence-corrected chi connectivity index (χ2v) is 20.3. The molecule has 0 N–H and O–H groups in total.